The first-order valence-electron chi connectivity index (χ1n) is 6.21. The molecule has 2 heterocycles. The summed E-state index contributed by atoms with van der Waals surface area (Å²) in [7, 11) is 0. The van der Waals surface area contributed by atoms with Crippen LogP contribution in [0.25, 0.3) is 11.4 Å². The Labute approximate surface area is 117 Å². The minimum absolute atomic E-state index is 0. The molecule has 6 heteroatoms. The lowest BCUT2D eigenvalue weighted by Gasteiger charge is -2.22. The van der Waals surface area contributed by atoms with Gasteiger partial charge in [0.2, 0.25) is 0 Å². The fourth-order valence-electron chi connectivity index (χ4n) is 2.25. The highest BCUT2D eigenvalue weighted by atomic mass is 35.5. The average molecular weight is 283 g/mol. The normalized spacial score (nSPS) is 16.1. The second kappa shape index (κ2) is 6.12. The Kier molecular flexibility index (Phi) is 4.50. The Hall–Kier alpha value is -1.46. The average Bonchev–Trinajstić information content (AvgIpc) is 2.90. The van der Waals surface area contributed by atoms with E-state index in [9.17, 15) is 4.39 Å². The van der Waals surface area contributed by atoms with Crippen LogP contribution in [0.1, 0.15) is 18.9 Å². The van der Waals surface area contributed by atoms with Gasteiger partial charge >= 0.3 is 0 Å². The first-order valence-corrected chi connectivity index (χ1v) is 6.21. The highest BCUT2D eigenvalue weighted by Gasteiger charge is 2.16. The van der Waals surface area contributed by atoms with Gasteiger partial charge in [-0.2, -0.15) is 5.10 Å². The number of hydrogen-bond donors (Lipinski definition) is 1. The summed E-state index contributed by atoms with van der Waals surface area (Å²) < 4.78 is 14.8. The largest absolute Gasteiger partial charge is 0.317 e. The van der Waals surface area contributed by atoms with E-state index in [2.05, 4.69) is 15.4 Å². The van der Waals surface area contributed by atoms with Gasteiger partial charge in [0.25, 0.3) is 0 Å². The third kappa shape index (κ3) is 3.11. The van der Waals surface area contributed by atoms with E-state index in [1.165, 1.54) is 12.1 Å². The van der Waals surface area contributed by atoms with Gasteiger partial charge < -0.3 is 5.32 Å². The molecule has 0 bridgehead atoms. The summed E-state index contributed by atoms with van der Waals surface area (Å²) in [6, 6.07) is 6.70. The van der Waals surface area contributed by atoms with Gasteiger partial charge in [0.05, 0.1) is 6.04 Å². The number of rotatable bonds is 2. The number of nitrogens with one attached hydrogen (secondary N) is 1. The quantitative estimate of drug-likeness (QED) is 0.920. The van der Waals surface area contributed by atoms with Crippen molar-refractivity contribution >= 4 is 12.4 Å². The van der Waals surface area contributed by atoms with Crippen molar-refractivity contribution in [3.05, 3.63) is 36.4 Å². The van der Waals surface area contributed by atoms with Gasteiger partial charge in [-0.1, -0.05) is 0 Å². The highest BCUT2D eigenvalue weighted by Crippen LogP contribution is 2.20. The van der Waals surface area contributed by atoms with Crippen LogP contribution in [0.15, 0.2) is 30.6 Å². The molecule has 1 fully saturated rings. The van der Waals surface area contributed by atoms with Crippen LogP contribution in [0.5, 0.6) is 0 Å². The molecule has 1 N–H and O–H groups in total. The van der Waals surface area contributed by atoms with Crippen molar-refractivity contribution in [3.63, 3.8) is 0 Å². The summed E-state index contributed by atoms with van der Waals surface area (Å²) in [6.45, 7) is 2.05. The molecule has 1 aromatic heterocycles. The predicted molar refractivity (Wildman–Crippen MR) is 73.8 cm³/mol. The number of hydrogen-bond acceptors (Lipinski definition) is 3. The van der Waals surface area contributed by atoms with E-state index >= 15 is 0 Å². The molecule has 4 nitrogen and oxygen atoms in total. The standard InChI is InChI=1S/C13H15FN4.ClH/c14-11-3-1-10(2-4-11)13-16-9-18(17-13)12-5-7-15-8-6-12;/h1-4,9,12,15H,5-8H2;1H. The SMILES string of the molecule is Cl.Fc1ccc(-c2ncn(C3CCNCC3)n2)cc1. The Morgan fingerprint density at radius 1 is 1.16 bits per heavy atom. The Morgan fingerprint density at radius 3 is 2.53 bits per heavy atom. The fraction of sp³-hybridized carbons (Fsp3) is 0.385. The van der Waals surface area contributed by atoms with Crippen molar-refractivity contribution in [2.75, 3.05) is 13.1 Å². The summed E-state index contributed by atoms with van der Waals surface area (Å²) in [5, 5.41) is 7.82. The molecule has 2 aromatic rings. The van der Waals surface area contributed by atoms with Crippen LogP contribution in [0.4, 0.5) is 4.39 Å². The predicted octanol–water partition coefficient (Wildman–Crippen LogP) is 2.43. The maximum Gasteiger partial charge on any atom is 0.181 e. The van der Waals surface area contributed by atoms with Gasteiger partial charge in [-0.15, -0.1) is 12.4 Å². The summed E-state index contributed by atoms with van der Waals surface area (Å²) in [6.07, 6.45) is 3.92. The molecule has 0 spiro atoms. The Morgan fingerprint density at radius 2 is 1.84 bits per heavy atom. The molecule has 1 saturated heterocycles. The maximum absolute atomic E-state index is 12.8. The van der Waals surface area contributed by atoms with Crippen LogP contribution in [-0.4, -0.2) is 27.9 Å². The molecule has 0 atom stereocenters. The van der Waals surface area contributed by atoms with Crippen LogP contribution in [-0.2, 0) is 0 Å². The van der Waals surface area contributed by atoms with Gasteiger partial charge in [-0.3, -0.25) is 0 Å². The minimum atomic E-state index is -0.239. The van der Waals surface area contributed by atoms with E-state index in [0.717, 1.165) is 31.5 Å². The highest BCUT2D eigenvalue weighted by molar-refractivity contribution is 5.85. The smallest absolute Gasteiger partial charge is 0.181 e. The first-order chi connectivity index (χ1) is 8.83. The second-order valence-corrected chi connectivity index (χ2v) is 4.54. The van der Waals surface area contributed by atoms with Crippen molar-refractivity contribution in [1.29, 1.82) is 0 Å². The summed E-state index contributed by atoms with van der Waals surface area (Å²) in [5.41, 5.74) is 0.851. The van der Waals surface area contributed by atoms with E-state index < -0.39 is 0 Å². The number of nitrogens with zero attached hydrogens (tertiary/aromatic N) is 3. The van der Waals surface area contributed by atoms with Crippen molar-refractivity contribution in [3.8, 4) is 11.4 Å². The van der Waals surface area contributed by atoms with Gasteiger partial charge in [0.15, 0.2) is 5.82 Å². The zero-order valence-corrected chi connectivity index (χ0v) is 11.2. The van der Waals surface area contributed by atoms with Crippen molar-refractivity contribution in [2.24, 2.45) is 0 Å². The second-order valence-electron chi connectivity index (χ2n) is 4.54. The Bertz CT molecular complexity index is 520. The lowest BCUT2D eigenvalue weighted by atomic mass is 10.1. The third-order valence-electron chi connectivity index (χ3n) is 3.29. The number of benzene rings is 1. The van der Waals surface area contributed by atoms with Gasteiger partial charge in [0.1, 0.15) is 12.1 Å². The zero-order chi connectivity index (χ0) is 12.4. The van der Waals surface area contributed by atoms with Gasteiger partial charge in [-0.25, -0.2) is 14.1 Å². The number of halogens is 2. The lowest BCUT2D eigenvalue weighted by molar-refractivity contribution is 0.343. The molecular formula is C13H16ClFN4. The van der Waals surface area contributed by atoms with Crippen molar-refractivity contribution in [2.45, 2.75) is 18.9 Å². The van der Waals surface area contributed by atoms with E-state index in [4.69, 9.17) is 0 Å². The van der Waals surface area contributed by atoms with E-state index in [0.29, 0.717) is 11.9 Å². The molecule has 0 aliphatic carbocycles. The molecule has 102 valence electrons. The van der Waals surface area contributed by atoms with Crippen LogP contribution >= 0.6 is 12.4 Å². The van der Waals surface area contributed by atoms with Gasteiger partial charge in [-0.05, 0) is 50.2 Å². The van der Waals surface area contributed by atoms with E-state index in [1.54, 1.807) is 18.5 Å². The topological polar surface area (TPSA) is 42.7 Å². The molecule has 1 aliphatic rings. The third-order valence-corrected chi connectivity index (χ3v) is 3.29. The molecule has 1 aliphatic heterocycles. The summed E-state index contributed by atoms with van der Waals surface area (Å²) in [4.78, 5) is 4.30. The first kappa shape index (κ1) is 14.0. The molecule has 0 amide bonds. The molecule has 0 unspecified atom stereocenters. The van der Waals surface area contributed by atoms with Crippen LogP contribution in [0.3, 0.4) is 0 Å². The van der Waals surface area contributed by atoms with E-state index in [1.807, 2.05) is 4.68 Å². The monoisotopic (exact) mass is 282 g/mol. The molecule has 0 saturated carbocycles. The molecule has 0 radical (unpaired) electrons. The van der Waals surface area contributed by atoms with Gasteiger partial charge in [0, 0.05) is 5.56 Å². The van der Waals surface area contributed by atoms with Crippen molar-refractivity contribution in [1.82, 2.24) is 20.1 Å². The lowest BCUT2D eigenvalue weighted by Crippen LogP contribution is -2.29. The minimum Gasteiger partial charge on any atom is -0.317 e. The number of piperidine rings is 1. The molecule has 19 heavy (non-hydrogen) atoms. The van der Waals surface area contributed by atoms with Crippen LogP contribution in [0.2, 0.25) is 0 Å². The zero-order valence-electron chi connectivity index (χ0n) is 10.4. The van der Waals surface area contributed by atoms with Crippen LogP contribution < -0.4 is 5.32 Å². The molecule has 1 aromatic carbocycles. The summed E-state index contributed by atoms with van der Waals surface area (Å²) in [5.74, 6) is 0.421. The maximum atomic E-state index is 12.8. The van der Waals surface area contributed by atoms with Crippen molar-refractivity contribution < 1.29 is 4.39 Å². The number of aromatic nitrogens is 3. The molecule has 3 rings (SSSR count). The fourth-order valence-corrected chi connectivity index (χ4v) is 2.25. The van der Waals surface area contributed by atoms with E-state index in [-0.39, 0.29) is 18.2 Å². The Balaban J connectivity index is 0.00000133. The molecular weight excluding hydrogens is 267 g/mol. The van der Waals surface area contributed by atoms with Crippen LogP contribution in [0, 0.1) is 5.82 Å². The summed E-state index contributed by atoms with van der Waals surface area (Å²) >= 11 is 0.